The van der Waals surface area contributed by atoms with Crippen LogP contribution in [0.1, 0.15) is 25.0 Å². The zero-order valence-corrected chi connectivity index (χ0v) is 33.8. The monoisotopic (exact) mass is 790 g/mol. The summed E-state index contributed by atoms with van der Waals surface area (Å²) >= 11 is 0. The molecule has 0 heterocycles. The van der Waals surface area contributed by atoms with Gasteiger partial charge in [0.05, 0.1) is 5.69 Å². The predicted molar refractivity (Wildman–Crippen MR) is 251 cm³/mol. The molecular formula is C57H40F2N2. The SMILES string of the molecule is CC1(C)c2cc(-c3ccc(N(c4ccc(F)cc4)c4ccc5ccccc5c4)cc3)ccc2-c2c1cc(N(c1ccc(F)cc1)c1ccc3ccccc3c1)c1ccccc21. The van der Waals surface area contributed by atoms with Crippen LogP contribution in [-0.2, 0) is 5.41 Å². The molecule has 10 aromatic carbocycles. The maximum atomic E-state index is 14.4. The third-order valence-electron chi connectivity index (χ3n) is 12.5. The van der Waals surface area contributed by atoms with Gasteiger partial charge in [-0.3, -0.25) is 0 Å². The van der Waals surface area contributed by atoms with Crippen molar-refractivity contribution in [3.05, 3.63) is 229 Å². The quantitative estimate of drug-likeness (QED) is 0.159. The Morgan fingerprint density at radius 2 is 0.820 bits per heavy atom. The van der Waals surface area contributed by atoms with E-state index in [0.717, 1.165) is 61.4 Å². The number of halogens is 2. The molecule has 292 valence electrons. The van der Waals surface area contributed by atoms with Gasteiger partial charge in [0.2, 0.25) is 0 Å². The molecule has 0 aliphatic heterocycles. The molecule has 61 heavy (non-hydrogen) atoms. The van der Waals surface area contributed by atoms with Crippen molar-refractivity contribution in [3.63, 3.8) is 0 Å². The third kappa shape index (κ3) is 6.22. The van der Waals surface area contributed by atoms with Gasteiger partial charge in [0.1, 0.15) is 11.6 Å². The lowest BCUT2D eigenvalue weighted by molar-refractivity contribution is 0.627. The molecule has 1 aliphatic carbocycles. The van der Waals surface area contributed by atoms with Crippen molar-refractivity contribution in [2.24, 2.45) is 0 Å². The zero-order valence-electron chi connectivity index (χ0n) is 33.8. The van der Waals surface area contributed by atoms with Gasteiger partial charge in [-0.25, -0.2) is 8.78 Å². The molecule has 0 saturated carbocycles. The van der Waals surface area contributed by atoms with Gasteiger partial charge in [-0.1, -0.05) is 123 Å². The second-order valence-corrected chi connectivity index (χ2v) is 16.5. The molecule has 4 heteroatoms. The number of hydrogen-bond donors (Lipinski definition) is 0. The van der Waals surface area contributed by atoms with Crippen molar-refractivity contribution >= 4 is 66.4 Å². The van der Waals surface area contributed by atoms with Gasteiger partial charge in [-0.15, -0.1) is 0 Å². The van der Waals surface area contributed by atoms with Crippen LogP contribution in [-0.4, -0.2) is 0 Å². The molecule has 0 fully saturated rings. The second kappa shape index (κ2) is 14.3. The number of anilines is 6. The summed E-state index contributed by atoms with van der Waals surface area (Å²) in [5.41, 5.74) is 12.7. The van der Waals surface area contributed by atoms with Crippen LogP contribution in [0.4, 0.5) is 42.9 Å². The van der Waals surface area contributed by atoms with E-state index in [0.29, 0.717) is 0 Å². The Morgan fingerprint density at radius 1 is 0.361 bits per heavy atom. The predicted octanol–water partition coefficient (Wildman–Crippen LogP) is 16.3. The molecule has 0 spiro atoms. The Balaban J connectivity index is 1.01. The molecule has 0 radical (unpaired) electrons. The third-order valence-corrected chi connectivity index (χ3v) is 12.5. The Morgan fingerprint density at radius 3 is 1.41 bits per heavy atom. The molecular weight excluding hydrogens is 751 g/mol. The van der Waals surface area contributed by atoms with Gasteiger partial charge in [-0.05, 0) is 157 Å². The lowest BCUT2D eigenvalue weighted by Gasteiger charge is -2.30. The number of nitrogens with zero attached hydrogens (tertiary/aromatic N) is 2. The van der Waals surface area contributed by atoms with E-state index in [1.807, 2.05) is 30.3 Å². The van der Waals surface area contributed by atoms with Gasteiger partial charge in [0.15, 0.2) is 0 Å². The van der Waals surface area contributed by atoms with Crippen molar-refractivity contribution in [3.8, 4) is 22.3 Å². The lowest BCUT2D eigenvalue weighted by atomic mass is 9.81. The summed E-state index contributed by atoms with van der Waals surface area (Å²) in [6.45, 7) is 4.65. The first-order valence-electron chi connectivity index (χ1n) is 20.7. The highest BCUT2D eigenvalue weighted by atomic mass is 19.1. The van der Waals surface area contributed by atoms with E-state index in [9.17, 15) is 8.78 Å². The molecule has 0 atom stereocenters. The van der Waals surface area contributed by atoms with Crippen molar-refractivity contribution in [1.29, 1.82) is 0 Å². The summed E-state index contributed by atoms with van der Waals surface area (Å²) in [4.78, 5) is 4.45. The summed E-state index contributed by atoms with van der Waals surface area (Å²) in [7, 11) is 0. The fourth-order valence-electron chi connectivity index (χ4n) is 9.42. The van der Waals surface area contributed by atoms with Crippen LogP contribution in [0, 0.1) is 11.6 Å². The number of benzene rings is 10. The van der Waals surface area contributed by atoms with Gasteiger partial charge >= 0.3 is 0 Å². The van der Waals surface area contributed by atoms with E-state index in [1.54, 1.807) is 0 Å². The lowest BCUT2D eigenvalue weighted by Crippen LogP contribution is -2.17. The first kappa shape index (κ1) is 36.5. The Kier molecular flexibility index (Phi) is 8.57. The van der Waals surface area contributed by atoms with Gasteiger partial charge in [-0.2, -0.15) is 0 Å². The summed E-state index contributed by atoms with van der Waals surface area (Å²) in [6.07, 6.45) is 0. The Hall–Kier alpha value is -7.56. The molecule has 0 unspecified atom stereocenters. The van der Waals surface area contributed by atoms with E-state index in [2.05, 4.69) is 175 Å². The normalized spacial score (nSPS) is 12.7. The van der Waals surface area contributed by atoms with E-state index >= 15 is 0 Å². The van der Waals surface area contributed by atoms with Crippen LogP contribution in [0.5, 0.6) is 0 Å². The maximum absolute atomic E-state index is 14.4. The van der Waals surface area contributed by atoms with Crippen LogP contribution in [0.25, 0.3) is 54.6 Å². The van der Waals surface area contributed by atoms with Crippen LogP contribution in [0.2, 0.25) is 0 Å². The highest BCUT2D eigenvalue weighted by molar-refractivity contribution is 6.10. The van der Waals surface area contributed by atoms with Crippen LogP contribution in [0.15, 0.2) is 206 Å². The van der Waals surface area contributed by atoms with Crippen molar-refractivity contribution in [2.75, 3.05) is 9.80 Å². The first-order chi connectivity index (χ1) is 29.8. The van der Waals surface area contributed by atoms with Crippen molar-refractivity contribution in [1.82, 2.24) is 0 Å². The number of rotatable bonds is 7. The maximum Gasteiger partial charge on any atom is 0.123 e. The van der Waals surface area contributed by atoms with Crippen molar-refractivity contribution in [2.45, 2.75) is 19.3 Å². The topological polar surface area (TPSA) is 6.48 Å². The second-order valence-electron chi connectivity index (χ2n) is 16.5. The number of hydrogen-bond acceptors (Lipinski definition) is 2. The Bertz CT molecular complexity index is 3300. The van der Waals surface area contributed by atoms with E-state index < -0.39 is 0 Å². The summed E-state index contributed by atoms with van der Waals surface area (Å²) in [5.74, 6) is -0.531. The van der Waals surface area contributed by atoms with E-state index in [-0.39, 0.29) is 17.0 Å². The molecule has 11 rings (SSSR count). The standard InChI is InChI=1S/C57H40F2N2/c1-57(2)53-35-42(39-15-24-45(25-16-39)60(46-28-20-43(58)21-29-46)48-26-17-37-9-3-5-11-40(37)33-48)19-32-52(53)56-51-14-8-7-13-50(51)55(36-54(56)57)61(47-30-22-44(59)23-31-47)49-27-18-38-10-4-6-12-41(38)34-49/h3-36H,1-2H3. The molecule has 1 aliphatic rings. The van der Waals surface area contributed by atoms with Crippen LogP contribution < -0.4 is 9.80 Å². The Labute approximate surface area is 354 Å². The van der Waals surface area contributed by atoms with Gasteiger partial charge in [0.25, 0.3) is 0 Å². The van der Waals surface area contributed by atoms with Crippen molar-refractivity contribution < 1.29 is 8.78 Å². The fraction of sp³-hybridized carbons (Fsp3) is 0.0526. The highest BCUT2D eigenvalue weighted by Gasteiger charge is 2.38. The molecule has 2 nitrogen and oxygen atoms in total. The van der Waals surface area contributed by atoms with Crippen LogP contribution in [0.3, 0.4) is 0 Å². The molecule has 0 N–H and O–H groups in total. The zero-order chi connectivity index (χ0) is 41.2. The molecule has 0 amide bonds. The molecule has 0 saturated heterocycles. The summed E-state index contributed by atoms with van der Waals surface area (Å²) in [5, 5.41) is 6.92. The van der Waals surface area contributed by atoms with Crippen LogP contribution >= 0.6 is 0 Å². The minimum absolute atomic E-state index is 0.265. The fourth-order valence-corrected chi connectivity index (χ4v) is 9.42. The molecule has 0 bridgehead atoms. The largest absolute Gasteiger partial charge is 0.310 e. The minimum Gasteiger partial charge on any atom is -0.310 e. The average Bonchev–Trinajstić information content (AvgIpc) is 3.53. The summed E-state index contributed by atoms with van der Waals surface area (Å²) in [6, 6.07) is 69.8. The molecule has 0 aromatic heterocycles. The smallest absolute Gasteiger partial charge is 0.123 e. The summed E-state index contributed by atoms with van der Waals surface area (Å²) < 4.78 is 28.6. The first-order valence-corrected chi connectivity index (χ1v) is 20.7. The van der Waals surface area contributed by atoms with Gasteiger partial charge < -0.3 is 9.80 Å². The number of fused-ring (bicyclic) bond motifs is 7. The highest BCUT2D eigenvalue weighted by Crippen LogP contribution is 2.55. The average molecular weight is 791 g/mol. The van der Waals surface area contributed by atoms with E-state index in [4.69, 9.17) is 0 Å². The minimum atomic E-state index is -0.327. The van der Waals surface area contributed by atoms with E-state index in [1.165, 1.54) is 62.7 Å². The molecule has 10 aromatic rings. The van der Waals surface area contributed by atoms with Gasteiger partial charge in [0, 0.05) is 39.2 Å².